The van der Waals surface area contributed by atoms with Crippen molar-refractivity contribution >= 4 is 38.2 Å². The molecule has 1 atom stereocenters. The number of aryl methyl sites for hydroxylation is 2. The summed E-state index contributed by atoms with van der Waals surface area (Å²) in [6.45, 7) is 2.96. The Morgan fingerprint density at radius 2 is 2.09 bits per heavy atom. The first-order valence-electron chi connectivity index (χ1n) is 10.3. The van der Waals surface area contributed by atoms with Gasteiger partial charge in [0.15, 0.2) is 16.8 Å². The zero-order valence-corrected chi connectivity index (χ0v) is 19.3. The second kappa shape index (κ2) is 7.82. The van der Waals surface area contributed by atoms with Crippen molar-refractivity contribution in [2.75, 3.05) is 18.4 Å². The van der Waals surface area contributed by atoms with E-state index >= 15 is 0 Å². The second-order valence-corrected chi connectivity index (χ2v) is 10.5. The summed E-state index contributed by atoms with van der Waals surface area (Å²) >= 11 is 1.40. The number of hydrogen-bond acceptors (Lipinski definition) is 7. The molecule has 1 fully saturated rings. The molecule has 0 bridgehead atoms. The van der Waals surface area contributed by atoms with Crippen LogP contribution in [0, 0.1) is 12.8 Å². The highest BCUT2D eigenvalue weighted by Gasteiger charge is 2.35. The fourth-order valence-corrected chi connectivity index (χ4v) is 6.39. The first kappa shape index (κ1) is 20.8. The van der Waals surface area contributed by atoms with Crippen LogP contribution in [0.25, 0.3) is 10.7 Å². The Labute approximate surface area is 189 Å². The summed E-state index contributed by atoms with van der Waals surface area (Å²) in [6.07, 6.45) is 5.09. The van der Waals surface area contributed by atoms with Gasteiger partial charge in [0.1, 0.15) is 4.90 Å². The smallest absolute Gasteiger partial charge is 0.285 e. The highest BCUT2D eigenvalue weighted by molar-refractivity contribution is 7.90. The van der Waals surface area contributed by atoms with Gasteiger partial charge in [0.25, 0.3) is 10.0 Å². The predicted octanol–water partition coefficient (Wildman–Crippen LogP) is 2.65. The first-order chi connectivity index (χ1) is 15.3. The molecule has 2 aromatic heterocycles. The minimum Gasteiger partial charge on any atom is -0.355 e. The fraction of sp³-hybridized carbons (Fsp3) is 0.333. The molecule has 9 nitrogen and oxygen atoms in total. The molecule has 4 heterocycles. The van der Waals surface area contributed by atoms with E-state index in [0.717, 1.165) is 29.2 Å². The predicted molar refractivity (Wildman–Crippen MR) is 122 cm³/mol. The van der Waals surface area contributed by atoms with Crippen molar-refractivity contribution in [3.8, 4) is 10.7 Å². The maximum absolute atomic E-state index is 13.0. The molecule has 11 heteroatoms. The SMILES string of the molecule is Cc1nc(NC(=O)C2CCCN(C3=NS(=O)(=O)c4ccccc43)C2)sc1-c1nccn1C. The topological polar surface area (TPSA) is 110 Å². The van der Waals surface area contributed by atoms with Crippen LogP contribution in [0.4, 0.5) is 5.13 Å². The van der Waals surface area contributed by atoms with Gasteiger partial charge < -0.3 is 14.8 Å². The molecule has 1 unspecified atom stereocenters. The molecule has 1 saturated heterocycles. The third-order valence-electron chi connectivity index (χ3n) is 5.76. The van der Waals surface area contributed by atoms with Crippen LogP contribution in [-0.4, -0.2) is 52.7 Å². The number of nitrogens with zero attached hydrogens (tertiary/aromatic N) is 5. The van der Waals surface area contributed by atoms with E-state index in [0.29, 0.717) is 29.6 Å². The molecular formula is C21H22N6O3S2. The summed E-state index contributed by atoms with van der Waals surface area (Å²) < 4.78 is 30.7. The molecule has 0 spiro atoms. The Morgan fingerprint density at radius 1 is 1.28 bits per heavy atom. The summed E-state index contributed by atoms with van der Waals surface area (Å²) in [5.74, 6) is 0.830. The van der Waals surface area contributed by atoms with E-state index in [9.17, 15) is 13.2 Å². The Morgan fingerprint density at radius 3 is 2.88 bits per heavy atom. The Bertz CT molecular complexity index is 1340. The number of rotatable bonds is 3. The summed E-state index contributed by atoms with van der Waals surface area (Å²) in [7, 11) is -1.77. The van der Waals surface area contributed by atoms with Gasteiger partial charge >= 0.3 is 0 Å². The normalized spacial score (nSPS) is 19.5. The van der Waals surface area contributed by atoms with Gasteiger partial charge in [-0.25, -0.2) is 9.97 Å². The standard InChI is InChI=1S/C21H22N6O3S2/c1-13-17(19-22-9-11-26(19)2)31-21(23-13)24-20(28)14-6-5-10-27(12-14)18-15-7-3-4-8-16(15)32(29,30)25-18/h3-4,7-9,11,14H,5-6,10,12H2,1-2H3,(H,23,24,28). The van der Waals surface area contributed by atoms with Gasteiger partial charge in [0, 0.05) is 38.1 Å². The molecule has 3 aromatic rings. The lowest BCUT2D eigenvalue weighted by Gasteiger charge is -2.33. The summed E-state index contributed by atoms with van der Waals surface area (Å²) in [5.41, 5.74) is 1.41. The molecule has 1 aromatic carbocycles. The fourth-order valence-electron chi connectivity index (χ4n) is 4.15. The Balaban J connectivity index is 1.33. The number of carbonyl (C=O) groups is 1. The highest BCUT2D eigenvalue weighted by atomic mass is 32.2. The number of piperidine rings is 1. The molecule has 1 N–H and O–H groups in total. The van der Waals surface area contributed by atoms with Gasteiger partial charge in [-0.15, -0.1) is 4.40 Å². The van der Waals surface area contributed by atoms with Crippen molar-refractivity contribution in [2.45, 2.75) is 24.7 Å². The number of aromatic nitrogens is 3. The van der Waals surface area contributed by atoms with E-state index in [1.165, 1.54) is 11.3 Å². The zero-order valence-electron chi connectivity index (χ0n) is 17.6. The van der Waals surface area contributed by atoms with Gasteiger partial charge in [0.05, 0.1) is 16.5 Å². The number of likely N-dealkylation sites (tertiary alicyclic amines) is 1. The van der Waals surface area contributed by atoms with E-state index in [4.69, 9.17) is 0 Å². The molecule has 0 radical (unpaired) electrons. The van der Waals surface area contributed by atoms with E-state index in [-0.39, 0.29) is 16.7 Å². The number of imidazole rings is 1. The van der Waals surface area contributed by atoms with Crippen LogP contribution < -0.4 is 5.32 Å². The maximum Gasteiger partial charge on any atom is 0.285 e. The van der Waals surface area contributed by atoms with Gasteiger partial charge in [0.2, 0.25) is 5.91 Å². The Kier molecular flexibility index (Phi) is 5.09. The number of nitrogens with one attached hydrogen (secondary N) is 1. The summed E-state index contributed by atoms with van der Waals surface area (Å²) in [5, 5.41) is 3.48. The van der Waals surface area contributed by atoms with Gasteiger partial charge in [-0.3, -0.25) is 4.79 Å². The molecule has 32 heavy (non-hydrogen) atoms. The van der Waals surface area contributed by atoms with Gasteiger partial charge in [-0.1, -0.05) is 23.5 Å². The number of sulfonamides is 1. The molecular weight excluding hydrogens is 448 g/mol. The van der Waals surface area contributed by atoms with Crippen molar-refractivity contribution < 1.29 is 13.2 Å². The molecule has 0 aliphatic carbocycles. The van der Waals surface area contributed by atoms with Crippen molar-refractivity contribution in [2.24, 2.45) is 17.4 Å². The lowest BCUT2D eigenvalue weighted by molar-refractivity contribution is -0.121. The number of anilines is 1. The maximum atomic E-state index is 13.0. The third-order valence-corrected chi connectivity index (χ3v) is 8.15. The van der Waals surface area contributed by atoms with Gasteiger partial charge in [-0.05, 0) is 31.9 Å². The van der Waals surface area contributed by atoms with Crippen LogP contribution >= 0.6 is 11.3 Å². The van der Waals surface area contributed by atoms with E-state index < -0.39 is 10.0 Å². The molecule has 0 saturated carbocycles. The molecule has 1 amide bonds. The molecule has 2 aliphatic heterocycles. The summed E-state index contributed by atoms with van der Waals surface area (Å²) in [6, 6.07) is 6.82. The van der Waals surface area contributed by atoms with E-state index in [2.05, 4.69) is 19.7 Å². The zero-order chi connectivity index (χ0) is 22.5. The van der Waals surface area contributed by atoms with Crippen LogP contribution in [0.1, 0.15) is 24.1 Å². The third kappa shape index (κ3) is 3.61. The minimum atomic E-state index is -3.69. The number of thiazole rings is 1. The van der Waals surface area contributed by atoms with Crippen LogP contribution in [-0.2, 0) is 21.9 Å². The van der Waals surface area contributed by atoms with Crippen molar-refractivity contribution in [1.29, 1.82) is 0 Å². The summed E-state index contributed by atoms with van der Waals surface area (Å²) in [4.78, 5) is 24.9. The van der Waals surface area contributed by atoms with E-state index in [1.54, 1.807) is 30.5 Å². The van der Waals surface area contributed by atoms with Crippen LogP contribution in [0.2, 0.25) is 0 Å². The number of carbonyl (C=O) groups excluding carboxylic acids is 1. The van der Waals surface area contributed by atoms with Gasteiger partial charge in [-0.2, -0.15) is 8.42 Å². The average Bonchev–Trinajstić information content (AvgIpc) is 3.43. The first-order valence-corrected chi connectivity index (χ1v) is 12.5. The average molecular weight is 471 g/mol. The number of fused-ring (bicyclic) bond motifs is 1. The van der Waals surface area contributed by atoms with Crippen LogP contribution in [0.3, 0.4) is 0 Å². The molecule has 166 valence electrons. The number of hydrogen-bond donors (Lipinski definition) is 1. The van der Waals surface area contributed by atoms with Crippen LogP contribution in [0.5, 0.6) is 0 Å². The lowest BCUT2D eigenvalue weighted by atomic mass is 9.96. The number of amides is 1. The van der Waals surface area contributed by atoms with Crippen molar-refractivity contribution in [3.05, 3.63) is 47.9 Å². The largest absolute Gasteiger partial charge is 0.355 e. The molecule has 2 aliphatic rings. The number of amidine groups is 1. The minimum absolute atomic E-state index is 0.121. The lowest BCUT2D eigenvalue weighted by Crippen LogP contribution is -2.43. The van der Waals surface area contributed by atoms with Crippen molar-refractivity contribution in [1.82, 2.24) is 19.4 Å². The quantitative estimate of drug-likeness (QED) is 0.630. The van der Waals surface area contributed by atoms with Crippen molar-refractivity contribution in [3.63, 3.8) is 0 Å². The highest BCUT2D eigenvalue weighted by Crippen LogP contribution is 2.33. The second-order valence-electron chi connectivity index (χ2n) is 7.96. The monoisotopic (exact) mass is 470 g/mol. The number of benzene rings is 1. The van der Waals surface area contributed by atoms with Crippen LogP contribution in [0.15, 0.2) is 46.0 Å². The molecule has 5 rings (SSSR count). The Hall–Kier alpha value is -3.05. The van der Waals surface area contributed by atoms with E-state index in [1.807, 2.05) is 29.6 Å².